The van der Waals surface area contributed by atoms with E-state index in [1.807, 2.05) is 24.5 Å². The Morgan fingerprint density at radius 1 is 1.19 bits per heavy atom. The van der Waals surface area contributed by atoms with Crippen LogP contribution in [0.4, 0.5) is 5.69 Å². The fraction of sp³-hybridized carbons (Fsp3) is 0.278. The monoisotopic (exact) mass is 394 g/mol. The molecule has 1 N–H and O–H groups in total. The molecule has 0 radical (unpaired) electrons. The predicted octanol–water partition coefficient (Wildman–Crippen LogP) is 3.06. The Morgan fingerprint density at radius 3 is 2.54 bits per heavy atom. The Hall–Kier alpha value is -2.03. The smallest absolute Gasteiger partial charge is 0.255 e. The van der Waals surface area contributed by atoms with Crippen molar-refractivity contribution in [1.82, 2.24) is 4.31 Å². The maximum Gasteiger partial charge on any atom is 0.255 e. The second-order valence-corrected chi connectivity index (χ2v) is 8.73. The minimum Gasteiger partial charge on any atom is -0.495 e. The van der Waals surface area contributed by atoms with Gasteiger partial charge < -0.3 is 10.1 Å². The van der Waals surface area contributed by atoms with Crippen molar-refractivity contribution >= 4 is 33.4 Å². The van der Waals surface area contributed by atoms with Crippen LogP contribution in [0.25, 0.3) is 0 Å². The number of anilines is 1. The lowest BCUT2D eigenvalue weighted by molar-refractivity contribution is 0.102. The maximum absolute atomic E-state index is 12.5. The zero-order chi connectivity index (χ0) is 19.3. The molecule has 0 unspecified atom stereocenters. The third-order valence-electron chi connectivity index (χ3n) is 3.68. The number of thioether (sulfide) groups is 1. The van der Waals surface area contributed by atoms with E-state index in [0.29, 0.717) is 11.3 Å². The zero-order valence-electron chi connectivity index (χ0n) is 15.1. The average Bonchev–Trinajstić information content (AvgIpc) is 2.62. The number of ether oxygens (including phenoxy) is 1. The number of sulfonamides is 1. The molecular formula is C18H22N2O4S2. The highest BCUT2D eigenvalue weighted by Crippen LogP contribution is 2.29. The lowest BCUT2D eigenvalue weighted by Crippen LogP contribution is -2.23. The number of nitrogens with one attached hydrogen (secondary N) is 1. The van der Waals surface area contributed by atoms with E-state index in [0.717, 1.165) is 15.6 Å². The molecule has 2 rings (SSSR count). The van der Waals surface area contributed by atoms with E-state index >= 15 is 0 Å². The first kappa shape index (κ1) is 20.3. The van der Waals surface area contributed by atoms with Gasteiger partial charge in [-0.2, -0.15) is 11.8 Å². The predicted molar refractivity (Wildman–Crippen MR) is 105 cm³/mol. The van der Waals surface area contributed by atoms with E-state index in [1.165, 1.54) is 33.3 Å². The Kier molecular flexibility index (Phi) is 6.69. The third kappa shape index (κ3) is 4.57. The quantitative estimate of drug-likeness (QED) is 0.781. The molecule has 2 aromatic carbocycles. The minimum atomic E-state index is -3.70. The SMILES string of the molecule is COc1ccc(NC(=O)c2cccc(CSC)c2)cc1S(=O)(=O)N(C)C. The second kappa shape index (κ2) is 8.57. The molecule has 140 valence electrons. The summed E-state index contributed by atoms with van der Waals surface area (Å²) in [5, 5.41) is 2.75. The fourth-order valence-corrected chi connectivity index (χ4v) is 3.91. The van der Waals surface area contributed by atoms with Gasteiger partial charge in [0.25, 0.3) is 5.91 Å². The van der Waals surface area contributed by atoms with Gasteiger partial charge in [-0.25, -0.2) is 12.7 Å². The van der Waals surface area contributed by atoms with E-state index in [-0.39, 0.29) is 16.6 Å². The molecular weight excluding hydrogens is 372 g/mol. The summed E-state index contributed by atoms with van der Waals surface area (Å²) in [4.78, 5) is 12.5. The molecule has 0 aliphatic carbocycles. The van der Waals surface area contributed by atoms with Gasteiger partial charge in [0.2, 0.25) is 10.0 Å². The highest BCUT2D eigenvalue weighted by molar-refractivity contribution is 7.97. The van der Waals surface area contributed by atoms with Crippen LogP contribution in [-0.4, -0.2) is 46.1 Å². The molecule has 0 bridgehead atoms. The summed E-state index contributed by atoms with van der Waals surface area (Å²) >= 11 is 1.67. The Morgan fingerprint density at radius 2 is 1.92 bits per heavy atom. The number of carbonyl (C=O) groups is 1. The van der Waals surface area contributed by atoms with Crippen LogP contribution >= 0.6 is 11.8 Å². The van der Waals surface area contributed by atoms with Gasteiger partial charge in [0, 0.05) is 31.1 Å². The molecule has 0 saturated heterocycles. The number of hydrogen-bond donors (Lipinski definition) is 1. The largest absolute Gasteiger partial charge is 0.495 e. The summed E-state index contributed by atoms with van der Waals surface area (Å²) in [6.45, 7) is 0. The molecule has 0 heterocycles. The summed E-state index contributed by atoms with van der Waals surface area (Å²) < 4.78 is 31.2. The van der Waals surface area contributed by atoms with Gasteiger partial charge in [0.05, 0.1) is 7.11 Å². The second-order valence-electron chi connectivity index (χ2n) is 5.74. The van der Waals surface area contributed by atoms with Gasteiger partial charge in [-0.05, 0) is 42.2 Å². The van der Waals surface area contributed by atoms with E-state index in [4.69, 9.17) is 4.74 Å². The number of carbonyl (C=O) groups excluding carboxylic acids is 1. The standard InChI is InChI=1S/C18H22N2O4S2/c1-20(2)26(22,23)17-11-15(8-9-16(17)24-3)19-18(21)14-7-5-6-13(10-14)12-25-4/h5-11H,12H2,1-4H3,(H,19,21). The molecule has 0 saturated carbocycles. The van der Waals surface area contributed by atoms with Crippen LogP contribution in [0.3, 0.4) is 0 Å². The Bertz CT molecular complexity index is 896. The number of hydrogen-bond acceptors (Lipinski definition) is 5. The summed E-state index contributed by atoms with van der Waals surface area (Å²) in [6, 6.07) is 11.9. The molecule has 0 atom stereocenters. The first-order valence-corrected chi connectivity index (χ1v) is 10.6. The minimum absolute atomic E-state index is 0.000987. The molecule has 0 fully saturated rings. The van der Waals surface area contributed by atoms with Gasteiger partial charge in [-0.1, -0.05) is 12.1 Å². The first-order chi connectivity index (χ1) is 12.3. The van der Waals surface area contributed by atoms with Crippen LogP contribution in [0.5, 0.6) is 5.75 Å². The van der Waals surface area contributed by atoms with Gasteiger partial charge in [-0.15, -0.1) is 0 Å². The van der Waals surface area contributed by atoms with Crippen molar-refractivity contribution in [3.8, 4) is 5.75 Å². The molecule has 0 aliphatic heterocycles. The molecule has 0 spiro atoms. The first-order valence-electron chi connectivity index (χ1n) is 7.79. The van der Waals surface area contributed by atoms with E-state index in [9.17, 15) is 13.2 Å². The van der Waals surface area contributed by atoms with Gasteiger partial charge >= 0.3 is 0 Å². The number of nitrogens with zero attached hydrogens (tertiary/aromatic N) is 1. The van der Waals surface area contributed by atoms with Crippen molar-refractivity contribution in [1.29, 1.82) is 0 Å². The van der Waals surface area contributed by atoms with Crippen LogP contribution in [0.15, 0.2) is 47.4 Å². The molecule has 8 heteroatoms. The molecule has 2 aromatic rings. The highest BCUT2D eigenvalue weighted by Gasteiger charge is 2.23. The van der Waals surface area contributed by atoms with Gasteiger partial charge in [0.1, 0.15) is 10.6 Å². The van der Waals surface area contributed by atoms with Crippen LogP contribution in [0.1, 0.15) is 15.9 Å². The van der Waals surface area contributed by atoms with Crippen LogP contribution in [-0.2, 0) is 15.8 Å². The molecule has 0 aromatic heterocycles. The summed E-state index contributed by atoms with van der Waals surface area (Å²) in [7, 11) is 0.583. The number of amides is 1. The Labute approximate surface area is 158 Å². The van der Waals surface area contributed by atoms with Crippen LogP contribution < -0.4 is 10.1 Å². The summed E-state index contributed by atoms with van der Waals surface area (Å²) in [6.07, 6.45) is 2.00. The Balaban J connectivity index is 2.33. The molecule has 6 nitrogen and oxygen atoms in total. The summed E-state index contributed by atoms with van der Waals surface area (Å²) in [5.74, 6) is 0.736. The van der Waals surface area contributed by atoms with Crippen molar-refractivity contribution in [2.45, 2.75) is 10.6 Å². The normalized spacial score (nSPS) is 11.4. The number of methoxy groups -OCH3 is 1. The maximum atomic E-state index is 12.5. The van der Waals surface area contributed by atoms with Gasteiger partial charge in [0.15, 0.2) is 0 Å². The lowest BCUT2D eigenvalue weighted by atomic mass is 10.1. The topological polar surface area (TPSA) is 75.7 Å². The van der Waals surface area contributed by atoms with Crippen molar-refractivity contribution in [3.05, 3.63) is 53.6 Å². The van der Waals surface area contributed by atoms with Crippen molar-refractivity contribution in [2.24, 2.45) is 0 Å². The third-order valence-corrected chi connectivity index (χ3v) is 6.14. The molecule has 26 heavy (non-hydrogen) atoms. The van der Waals surface area contributed by atoms with Crippen molar-refractivity contribution in [3.63, 3.8) is 0 Å². The van der Waals surface area contributed by atoms with Crippen molar-refractivity contribution in [2.75, 3.05) is 32.8 Å². The zero-order valence-corrected chi connectivity index (χ0v) is 16.8. The average molecular weight is 395 g/mol. The van der Waals surface area contributed by atoms with E-state index in [1.54, 1.807) is 23.9 Å². The molecule has 1 amide bonds. The fourth-order valence-electron chi connectivity index (χ4n) is 2.33. The van der Waals surface area contributed by atoms with Crippen LogP contribution in [0, 0.1) is 0 Å². The van der Waals surface area contributed by atoms with E-state index in [2.05, 4.69) is 5.32 Å². The van der Waals surface area contributed by atoms with Crippen LogP contribution in [0.2, 0.25) is 0 Å². The number of benzene rings is 2. The van der Waals surface area contributed by atoms with E-state index < -0.39 is 10.0 Å². The highest BCUT2D eigenvalue weighted by atomic mass is 32.2. The number of rotatable bonds is 7. The van der Waals surface area contributed by atoms with Crippen molar-refractivity contribution < 1.29 is 17.9 Å². The molecule has 0 aliphatic rings. The van der Waals surface area contributed by atoms with Gasteiger partial charge in [-0.3, -0.25) is 4.79 Å². The lowest BCUT2D eigenvalue weighted by Gasteiger charge is -2.16. The summed E-state index contributed by atoms with van der Waals surface area (Å²) in [5.41, 5.74) is 1.95.